The molecule has 122 valence electrons. The lowest BCUT2D eigenvalue weighted by molar-refractivity contribution is -0.123. The normalized spacial score (nSPS) is 10.1. The van der Waals surface area contributed by atoms with Crippen LogP contribution in [0.3, 0.4) is 0 Å². The number of nitrogens with zero attached hydrogens (tertiary/aromatic N) is 2. The van der Waals surface area contributed by atoms with Crippen molar-refractivity contribution in [1.82, 2.24) is 4.98 Å². The molecule has 1 aromatic heterocycles. The molecule has 0 unspecified atom stereocenters. The molecule has 0 spiro atoms. The van der Waals surface area contributed by atoms with Gasteiger partial charge in [-0.2, -0.15) is 0 Å². The van der Waals surface area contributed by atoms with Crippen LogP contribution in [0.15, 0.2) is 18.3 Å². The summed E-state index contributed by atoms with van der Waals surface area (Å²) in [5, 5.41) is 2.84. The fourth-order valence-electron chi connectivity index (χ4n) is 1.59. The number of pyridine rings is 1. The van der Waals surface area contributed by atoms with Crippen LogP contribution in [0.25, 0.3) is 0 Å². The van der Waals surface area contributed by atoms with E-state index < -0.39 is 5.41 Å². The molecule has 0 aromatic carbocycles. The molecule has 0 aliphatic rings. The predicted molar refractivity (Wildman–Crippen MR) is 93.8 cm³/mol. The van der Waals surface area contributed by atoms with Crippen LogP contribution < -0.4 is 16.0 Å². The van der Waals surface area contributed by atoms with Gasteiger partial charge in [-0.3, -0.25) is 4.79 Å². The summed E-state index contributed by atoms with van der Waals surface area (Å²) in [6.07, 6.45) is 1.68. The van der Waals surface area contributed by atoms with Gasteiger partial charge in [0.25, 0.3) is 0 Å². The Morgan fingerprint density at radius 3 is 2.24 bits per heavy atom. The number of nitrogens with one attached hydrogen (secondary N) is 1. The average molecular weight is 337 g/mol. The highest BCUT2D eigenvalue weighted by Gasteiger charge is 2.25. The first-order chi connectivity index (χ1) is 8.94. The summed E-state index contributed by atoms with van der Waals surface area (Å²) in [7, 11) is 0. The molecule has 0 aliphatic carbocycles. The molecule has 0 radical (unpaired) electrons. The highest BCUT2D eigenvalue weighted by atomic mass is 35.5. The van der Waals surface area contributed by atoms with Crippen molar-refractivity contribution in [2.45, 2.75) is 27.7 Å². The van der Waals surface area contributed by atoms with Crippen LogP contribution >= 0.6 is 24.8 Å². The van der Waals surface area contributed by atoms with Crippen LogP contribution in [-0.4, -0.2) is 30.5 Å². The first kappa shape index (κ1) is 22.2. The van der Waals surface area contributed by atoms with E-state index in [1.54, 1.807) is 6.20 Å². The summed E-state index contributed by atoms with van der Waals surface area (Å²) in [5.41, 5.74) is 5.70. The van der Waals surface area contributed by atoms with Gasteiger partial charge in [0, 0.05) is 19.6 Å². The van der Waals surface area contributed by atoms with Crippen molar-refractivity contribution in [3.8, 4) is 0 Å². The van der Waals surface area contributed by atoms with E-state index in [0.29, 0.717) is 12.2 Å². The Balaban J connectivity index is 0. The van der Waals surface area contributed by atoms with Gasteiger partial charge in [0.05, 0.1) is 17.3 Å². The molecule has 0 saturated heterocycles. The minimum absolute atomic E-state index is 0. The number of amides is 1. The molecule has 0 fully saturated rings. The van der Waals surface area contributed by atoms with Crippen molar-refractivity contribution in [3.63, 3.8) is 0 Å². The van der Waals surface area contributed by atoms with E-state index in [2.05, 4.69) is 29.0 Å². The van der Waals surface area contributed by atoms with Crippen LogP contribution in [-0.2, 0) is 4.79 Å². The van der Waals surface area contributed by atoms with Crippen LogP contribution in [0.1, 0.15) is 27.7 Å². The number of carbonyl (C=O) groups excluding carboxylic acids is 1. The first-order valence-corrected chi connectivity index (χ1v) is 6.67. The molecule has 1 aromatic rings. The molecule has 0 bridgehead atoms. The van der Waals surface area contributed by atoms with Crippen LogP contribution in [0.5, 0.6) is 0 Å². The molecule has 5 nitrogen and oxygen atoms in total. The Bertz CT molecular complexity index is 419. The van der Waals surface area contributed by atoms with Crippen molar-refractivity contribution >= 4 is 42.2 Å². The molecular weight excluding hydrogens is 311 g/mol. The zero-order valence-electron chi connectivity index (χ0n) is 13.0. The SMILES string of the molecule is CCN(CC)c1ccc(NC(=O)C(C)(C)CN)cn1.Cl.Cl. The Kier molecular flexibility index (Phi) is 10.4. The van der Waals surface area contributed by atoms with E-state index in [9.17, 15) is 4.79 Å². The highest BCUT2D eigenvalue weighted by Crippen LogP contribution is 2.18. The average Bonchev–Trinajstić information content (AvgIpc) is 2.42. The lowest BCUT2D eigenvalue weighted by Gasteiger charge is -2.22. The number of hydrogen-bond donors (Lipinski definition) is 2. The number of hydrogen-bond acceptors (Lipinski definition) is 4. The van der Waals surface area contributed by atoms with E-state index in [4.69, 9.17) is 5.73 Å². The third kappa shape index (κ3) is 6.08. The monoisotopic (exact) mass is 336 g/mol. The van der Waals surface area contributed by atoms with Gasteiger partial charge in [0.2, 0.25) is 5.91 Å². The number of halogens is 2. The zero-order chi connectivity index (χ0) is 14.5. The Labute approximate surface area is 139 Å². The minimum Gasteiger partial charge on any atom is -0.357 e. The van der Waals surface area contributed by atoms with E-state index >= 15 is 0 Å². The molecule has 0 saturated carbocycles. The van der Waals surface area contributed by atoms with Crippen molar-refractivity contribution in [2.24, 2.45) is 11.1 Å². The maximum atomic E-state index is 12.0. The van der Waals surface area contributed by atoms with Gasteiger partial charge in [-0.15, -0.1) is 24.8 Å². The number of carbonyl (C=O) groups is 1. The Morgan fingerprint density at radius 2 is 1.86 bits per heavy atom. The minimum atomic E-state index is -0.572. The van der Waals surface area contributed by atoms with Gasteiger partial charge in [-0.1, -0.05) is 0 Å². The zero-order valence-corrected chi connectivity index (χ0v) is 14.7. The van der Waals surface area contributed by atoms with E-state index in [0.717, 1.165) is 18.9 Å². The second kappa shape index (κ2) is 9.82. The molecule has 1 amide bonds. The third-order valence-electron chi connectivity index (χ3n) is 3.22. The molecule has 0 aliphatic heterocycles. The second-order valence-electron chi connectivity index (χ2n) is 5.12. The molecule has 7 heteroatoms. The number of aromatic nitrogens is 1. The van der Waals surface area contributed by atoms with Gasteiger partial charge >= 0.3 is 0 Å². The van der Waals surface area contributed by atoms with Gasteiger partial charge in [-0.05, 0) is 39.8 Å². The van der Waals surface area contributed by atoms with Crippen LogP contribution in [0, 0.1) is 5.41 Å². The maximum absolute atomic E-state index is 12.0. The van der Waals surface area contributed by atoms with Crippen molar-refractivity contribution in [1.29, 1.82) is 0 Å². The summed E-state index contributed by atoms with van der Waals surface area (Å²) in [4.78, 5) is 18.5. The summed E-state index contributed by atoms with van der Waals surface area (Å²) in [5.74, 6) is 0.827. The largest absolute Gasteiger partial charge is 0.357 e. The van der Waals surface area contributed by atoms with Crippen LogP contribution in [0.4, 0.5) is 11.5 Å². The number of anilines is 2. The van der Waals surface area contributed by atoms with Gasteiger partial charge in [-0.25, -0.2) is 4.98 Å². The van der Waals surface area contributed by atoms with E-state index in [-0.39, 0.29) is 30.7 Å². The second-order valence-corrected chi connectivity index (χ2v) is 5.12. The molecule has 21 heavy (non-hydrogen) atoms. The first-order valence-electron chi connectivity index (χ1n) is 6.67. The van der Waals surface area contributed by atoms with Crippen LogP contribution in [0.2, 0.25) is 0 Å². The van der Waals surface area contributed by atoms with Gasteiger partial charge in [0.15, 0.2) is 0 Å². The van der Waals surface area contributed by atoms with Crippen molar-refractivity contribution in [3.05, 3.63) is 18.3 Å². The van der Waals surface area contributed by atoms with E-state index in [1.165, 1.54) is 0 Å². The summed E-state index contributed by atoms with van der Waals surface area (Å²) < 4.78 is 0. The van der Waals surface area contributed by atoms with Crippen molar-refractivity contribution < 1.29 is 4.79 Å². The Morgan fingerprint density at radius 1 is 1.29 bits per heavy atom. The fraction of sp³-hybridized carbons (Fsp3) is 0.571. The summed E-state index contributed by atoms with van der Waals surface area (Å²) in [6.45, 7) is 9.95. The standard InChI is InChI=1S/C14H24N4O.2ClH/c1-5-18(6-2)12-8-7-11(9-16-12)17-13(19)14(3,4)10-15;;/h7-9H,5-6,10,15H2,1-4H3,(H,17,19);2*1H. The summed E-state index contributed by atoms with van der Waals surface area (Å²) >= 11 is 0. The molecule has 3 N–H and O–H groups in total. The van der Waals surface area contributed by atoms with Gasteiger partial charge in [0.1, 0.15) is 5.82 Å². The van der Waals surface area contributed by atoms with Crippen molar-refractivity contribution in [2.75, 3.05) is 29.9 Å². The summed E-state index contributed by atoms with van der Waals surface area (Å²) in [6, 6.07) is 3.78. The van der Waals surface area contributed by atoms with Gasteiger partial charge < -0.3 is 16.0 Å². The lowest BCUT2D eigenvalue weighted by atomic mass is 9.92. The molecule has 1 rings (SSSR count). The van der Waals surface area contributed by atoms with E-state index in [1.807, 2.05) is 26.0 Å². The Hall–Kier alpha value is -1.04. The fourth-order valence-corrected chi connectivity index (χ4v) is 1.59. The molecule has 0 atom stereocenters. The third-order valence-corrected chi connectivity index (χ3v) is 3.22. The number of nitrogens with two attached hydrogens (primary N) is 1. The highest BCUT2D eigenvalue weighted by molar-refractivity contribution is 5.94. The molecule has 1 heterocycles. The number of rotatable bonds is 6. The predicted octanol–water partition coefficient (Wildman–Crippen LogP) is 2.69. The maximum Gasteiger partial charge on any atom is 0.231 e. The quantitative estimate of drug-likeness (QED) is 0.837. The smallest absolute Gasteiger partial charge is 0.231 e. The molecular formula is C14H26Cl2N4O. The lowest BCUT2D eigenvalue weighted by Crippen LogP contribution is -2.37. The topological polar surface area (TPSA) is 71.2 Å².